The number of nitrogens with zero attached hydrogens (tertiary/aromatic N) is 1. The fraction of sp³-hybridized carbons (Fsp3) is 0.300. The number of alkyl halides is 3. The van der Waals surface area contributed by atoms with E-state index in [1.807, 2.05) is 0 Å². The van der Waals surface area contributed by atoms with Crippen molar-refractivity contribution in [1.82, 2.24) is 5.32 Å². The van der Waals surface area contributed by atoms with Crippen LogP contribution in [0.1, 0.15) is 24.5 Å². The first kappa shape index (κ1) is 21.4. The maximum absolute atomic E-state index is 12.9. The Morgan fingerprint density at radius 2 is 1.75 bits per heavy atom. The van der Waals surface area contributed by atoms with Crippen LogP contribution in [0, 0.1) is 5.82 Å². The number of rotatable bonds is 7. The van der Waals surface area contributed by atoms with Crippen LogP contribution in [0.15, 0.2) is 48.5 Å². The summed E-state index contributed by atoms with van der Waals surface area (Å²) in [6.45, 7) is 1.51. The van der Waals surface area contributed by atoms with E-state index in [9.17, 15) is 27.2 Å². The Morgan fingerprint density at radius 1 is 1.07 bits per heavy atom. The van der Waals surface area contributed by atoms with Crippen LogP contribution in [-0.2, 0) is 22.2 Å². The second-order valence-electron chi connectivity index (χ2n) is 6.20. The summed E-state index contributed by atoms with van der Waals surface area (Å²) in [6, 6.07) is 10.3. The minimum atomic E-state index is -4.52. The molecule has 0 aliphatic heterocycles. The fourth-order valence-corrected chi connectivity index (χ4v) is 2.62. The van der Waals surface area contributed by atoms with Gasteiger partial charge in [-0.3, -0.25) is 9.59 Å². The van der Waals surface area contributed by atoms with Gasteiger partial charge in [0, 0.05) is 32.1 Å². The summed E-state index contributed by atoms with van der Waals surface area (Å²) in [6.07, 6.45) is -4.06. The monoisotopic (exact) mass is 396 g/mol. The molecular weight excluding hydrogens is 376 g/mol. The van der Waals surface area contributed by atoms with Gasteiger partial charge in [0.15, 0.2) is 0 Å². The van der Waals surface area contributed by atoms with Crippen molar-refractivity contribution >= 4 is 17.5 Å². The third-order valence-corrected chi connectivity index (χ3v) is 4.08. The second-order valence-corrected chi connectivity index (χ2v) is 6.20. The number of halogens is 4. The number of amides is 2. The third-order valence-electron chi connectivity index (χ3n) is 4.08. The van der Waals surface area contributed by atoms with E-state index >= 15 is 0 Å². The molecule has 2 aromatic carbocycles. The molecule has 0 atom stereocenters. The number of nitrogens with one attached hydrogen (secondary N) is 1. The Hall–Kier alpha value is -2.90. The number of hydrogen-bond acceptors (Lipinski definition) is 2. The van der Waals surface area contributed by atoms with Gasteiger partial charge in [-0.1, -0.05) is 18.2 Å². The van der Waals surface area contributed by atoms with Crippen LogP contribution >= 0.6 is 0 Å². The van der Waals surface area contributed by atoms with Gasteiger partial charge in [0.1, 0.15) is 5.82 Å². The van der Waals surface area contributed by atoms with Gasteiger partial charge in [0.05, 0.1) is 5.56 Å². The molecule has 2 aromatic rings. The molecule has 0 heterocycles. The van der Waals surface area contributed by atoms with Crippen molar-refractivity contribution in [1.29, 1.82) is 0 Å². The van der Waals surface area contributed by atoms with E-state index in [1.165, 1.54) is 31.2 Å². The van der Waals surface area contributed by atoms with Gasteiger partial charge in [0.25, 0.3) is 0 Å². The van der Waals surface area contributed by atoms with Crippen LogP contribution < -0.4 is 10.2 Å². The van der Waals surface area contributed by atoms with Gasteiger partial charge in [-0.25, -0.2) is 4.39 Å². The van der Waals surface area contributed by atoms with Gasteiger partial charge < -0.3 is 10.2 Å². The molecule has 0 radical (unpaired) electrons. The molecule has 28 heavy (non-hydrogen) atoms. The lowest BCUT2D eigenvalue weighted by Gasteiger charge is -2.22. The van der Waals surface area contributed by atoms with E-state index < -0.39 is 17.6 Å². The molecule has 4 nitrogen and oxygen atoms in total. The van der Waals surface area contributed by atoms with E-state index in [-0.39, 0.29) is 30.4 Å². The molecule has 0 bridgehead atoms. The van der Waals surface area contributed by atoms with Gasteiger partial charge >= 0.3 is 6.18 Å². The van der Waals surface area contributed by atoms with Crippen LogP contribution in [0.2, 0.25) is 0 Å². The Balaban J connectivity index is 1.90. The molecular formula is C20H20F4N2O2. The maximum Gasteiger partial charge on any atom is 0.416 e. The Bertz CT molecular complexity index is 820. The van der Waals surface area contributed by atoms with E-state index in [2.05, 4.69) is 5.32 Å². The lowest BCUT2D eigenvalue weighted by atomic mass is 10.1. The standard InChI is InChI=1S/C20H20F4N2O2/c1-14(27)26(18-4-2-3-16(13-18)20(22,23)24)12-10-19(28)25-11-9-15-5-7-17(21)8-6-15/h2-8,13H,9-12H2,1H3,(H,25,28). The predicted molar refractivity (Wildman–Crippen MR) is 97.2 cm³/mol. The topological polar surface area (TPSA) is 49.4 Å². The highest BCUT2D eigenvalue weighted by Crippen LogP contribution is 2.31. The normalized spacial score (nSPS) is 11.2. The summed E-state index contributed by atoms with van der Waals surface area (Å²) in [5, 5.41) is 2.68. The van der Waals surface area contributed by atoms with Crippen LogP contribution in [-0.4, -0.2) is 24.9 Å². The summed E-state index contributed by atoms with van der Waals surface area (Å²) in [5.74, 6) is -1.13. The summed E-state index contributed by atoms with van der Waals surface area (Å²) in [5.41, 5.74) is 0.0810. The summed E-state index contributed by atoms with van der Waals surface area (Å²) in [4.78, 5) is 24.9. The molecule has 0 aliphatic rings. The van der Waals surface area contributed by atoms with Crippen molar-refractivity contribution in [3.8, 4) is 0 Å². The molecule has 0 unspecified atom stereocenters. The first-order valence-electron chi connectivity index (χ1n) is 8.63. The van der Waals surface area contributed by atoms with Crippen molar-refractivity contribution in [3.05, 3.63) is 65.5 Å². The summed E-state index contributed by atoms with van der Waals surface area (Å²) < 4.78 is 51.4. The van der Waals surface area contributed by atoms with Crippen LogP contribution in [0.25, 0.3) is 0 Å². The van der Waals surface area contributed by atoms with E-state index in [0.29, 0.717) is 13.0 Å². The first-order chi connectivity index (χ1) is 13.2. The highest BCUT2D eigenvalue weighted by molar-refractivity contribution is 5.92. The largest absolute Gasteiger partial charge is 0.416 e. The molecule has 0 aliphatic carbocycles. The van der Waals surface area contributed by atoms with Gasteiger partial charge in [-0.05, 0) is 42.3 Å². The quantitative estimate of drug-likeness (QED) is 0.721. The average molecular weight is 396 g/mol. The smallest absolute Gasteiger partial charge is 0.356 e. The molecule has 0 fully saturated rings. The van der Waals surface area contributed by atoms with Crippen molar-refractivity contribution in [2.75, 3.05) is 18.0 Å². The zero-order chi connectivity index (χ0) is 20.7. The minimum absolute atomic E-state index is 0.0426. The number of benzene rings is 2. The molecule has 150 valence electrons. The van der Waals surface area contributed by atoms with E-state index in [0.717, 1.165) is 22.6 Å². The second kappa shape index (κ2) is 9.34. The summed E-state index contributed by atoms with van der Waals surface area (Å²) in [7, 11) is 0. The van der Waals surface area contributed by atoms with E-state index in [1.54, 1.807) is 12.1 Å². The Kier molecular flexibility index (Phi) is 7.14. The van der Waals surface area contributed by atoms with Gasteiger partial charge in [-0.15, -0.1) is 0 Å². The molecule has 1 N–H and O–H groups in total. The summed E-state index contributed by atoms with van der Waals surface area (Å²) >= 11 is 0. The number of carbonyl (C=O) groups excluding carboxylic acids is 2. The zero-order valence-electron chi connectivity index (χ0n) is 15.2. The first-order valence-corrected chi connectivity index (χ1v) is 8.63. The van der Waals surface area contributed by atoms with Crippen LogP contribution in [0.4, 0.5) is 23.2 Å². The number of carbonyl (C=O) groups is 2. The van der Waals surface area contributed by atoms with Crippen molar-refractivity contribution in [2.24, 2.45) is 0 Å². The van der Waals surface area contributed by atoms with Crippen LogP contribution in [0.3, 0.4) is 0 Å². The Labute approximate surface area is 160 Å². The minimum Gasteiger partial charge on any atom is -0.356 e. The number of anilines is 1. The molecule has 0 spiro atoms. The molecule has 8 heteroatoms. The fourth-order valence-electron chi connectivity index (χ4n) is 2.62. The Morgan fingerprint density at radius 3 is 2.36 bits per heavy atom. The molecule has 2 amide bonds. The third kappa shape index (κ3) is 6.37. The van der Waals surface area contributed by atoms with Crippen molar-refractivity contribution in [3.63, 3.8) is 0 Å². The SMILES string of the molecule is CC(=O)N(CCC(=O)NCCc1ccc(F)cc1)c1cccc(C(F)(F)F)c1. The molecule has 0 saturated carbocycles. The lowest BCUT2D eigenvalue weighted by Crippen LogP contribution is -2.34. The van der Waals surface area contributed by atoms with Gasteiger partial charge in [0.2, 0.25) is 11.8 Å². The van der Waals surface area contributed by atoms with Gasteiger partial charge in [-0.2, -0.15) is 13.2 Å². The highest BCUT2D eigenvalue weighted by Gasteiger charge is 2.31. The molecule has 2 rings (SSSR count). The number of hydrogen-bond donors (Lipinski definition) is 1. The highest BCUT2D eigenvalue weighted by atomic mass is 19.4. The predicted octanol–water partition coefficient (Wildman–Crippen LogP) is 3.95. The maximum atomic E-state index is 12.9. The van der Waals surface area contributed by atoms with E-state index in [4.69, 9.17) is 0 Å². The van der Waals surface area contributed by atoms with Crippen molar-refractivity contribution < 1.29 is 27.2 Å². The average Bonchev–Trinajstić information content (AvgIpc) is 2.63. The zero-order valence-corrected chi connectivity index (χ0v) is 15.2. The van der Waals surface area contributed by atoms with Crippen LogP contribution in [0.5, 0.6) is 0 Å². The van der Waals surface area contributed by atoms with Crippen molar-refractivity contribution in [2.45, 2.75) is 25.9 Å². The molecule has 0 aromatic heterocycles. The lowest BCUT2D eigenvalue weighted by molar-refractivity contribution is -0.137. The molecule has 0 saturated heterocycles.